The lowest BCUT2D eigenvalue weighted by Gasteiger charge is -2.44. The molecular formula is C11H16F3NOS. The van der Waals surface area contributed by atoms with E-state index in [-0.39, 0.29) is 6.42 Å². The van der Waals surface area contributed by atoms with Gasteiger partial charge in [-0.2, -0.15) is 13.2 Å². The average Bonchev–Trinajstić information content (AvgIpc) is 2.19. The molecule has 17 heavy (non-hydrogen) atoms. The normalized spacial score (nSPS) is 26.1. The number of hydrogen-bond acceptors (Lipinski definition) is 2. The second-order valence-corrected chi connectivity index (χ2v) is 5.64. The smallest absolute Gasteiger partial charge is 0.323 e. The molecule has 0 aromatic carbocycles. The molecule has 1 rings (SSSR count). The van der Waals surface area contributed by atoms with E-state index in [1.807, 2.05) is 6.92 Å². The number of amides is 1. The summed E-state index contributed by atoms with van der Waals surface area (Å²) in [6.07, 6.45) is -4.58. The van der Waals surface area contributed by atoms with E-state index in [2.05, 4.69) is 0 Å². The first-order valence-corrected chi connectivity index (χ1v) is 6.20. The lowest BCUT2D eigenvalue weighted by molar-refractivity contribution is -0.197. The third-order valence-corrected chi connectivity index (χ3v) is 4.92. The second-order valence-electron chi connectivity index (χ2n) is 4.39. The van der Waals surface area contributed by atoms with Crippen molar-refractivity contribution in [2.45, 2.75) is 38.2 Å². The number of carbonyl (C=O) groups is 1. The summed E-state index contributed by atoms with van der Waals surface area (Å²) < 4.78 is 39.8. The van der Waals surface area contributed by atoms with Gasteiger partial charge in [0.05, 0.1) is 0 Å². The maximum absolute atomic E-state index is 13.3. The van der Waals surface area contributed by atoms with Gasteiger partial charge in [-0.1, -0.05) is 11.1 Å². The molecule has 1 unspecified atom stereocenters. The van der Waals surface area contributed by atoms with Gasteiger partial charge in [-0.25, -0.2) is 0 Å². The van der Waals surface area contributed by atoms with Gasteiger partial charge in [0.25, 0.3) is 0 Å². The Balaban J connectivity index is 3.20. The molecule has 2 nitrogen and oxygen atoms in total. The Bertz CT molecular complexity index is 364. The van der Waals surface area contributed by atoms with Gasteiger partial charge < -0.3 is 4.90 Å². The van der Waals surface area contributed by atoms with Crippen molar-refractivity contribution in [2.75, 3.05) is 12.8 Å². The Morgan fingerprint density at radius 3 is 2.24 bits per heavy atom. The maximum atomic E-state index is 13.3. The molecule has 1 amide bonds. The van der Waals surface area contributed by atoms with Crippen molar-refractivity contribution in [3.8, 4) is 0 Å². The van der Waals surface area contributed by atoms with Crippen LogP contribution in [0.1, 0.15) is 27.2 Å². The molecule has 0 fully saturated rings. The highest BCUT2D eigenvalue weighted by molar-refractivity contribution is 8.00. The standard InChI is InChI=1S/C11H16F3NOS/c1-7-5-10(11(12,13)14,15(4)9(3)16)17-6-8(7)2/h5-6H2,1-4H3. The largest absolute Gasteiger partial charge is 0.421 e. The Hall–Kier alpha value is -0.650. The third-order valence-electron chi connectivity index (χ3n) is 3.22. The monoisotopic (exact) mass is 267 g/mol. The van der Waals surface area contributed by atoms with Gasteiger partial charge in [0.15, 0.2) is 4.87 Å². The van der Waals surface area contributed by atoms with E-state index < -0.39 is 17.0 Å². The van der Waals surface area contributed by atoms with Gasteiger partial charge in [0.1, 0.15) is 0 Å². The van der Waals surface area contributed by atoms with Crippen LogP contribution in [0.2, 0.25) is 0 Å². The zero-order valence-electron chi connectivity index (χ0n) is 10.3. The van der Waals surface area contributed by atoms with Crippen LogP contribution in [0.25, 0.3) is 0 Å². The molecule has 0 saturated carbocycles. The van der Waals surface area contributed by atoms with E-state index in [1.54, 1.807) is 6.92 Å². The molecule has 98 valence electrons. The summed E-state index contributed by atoms with van der Waals surface area (Å²) in [5, 5.41) is 0. The fraction of sp³-hybridized carbons (Fsp3) is 0.727. The SMILES string of the molecule is CC(=O)N(C)C1(C(F)(F)F)CC(C)=C(C)CS1. The predicted octanol–water partition coefficient (Wildman–Crippen LogP) is 3.20. The average molecular weight is 267 g/mol. The summed E-state index contributed by atoms with van der Waals surface area (Å²) in [6.45, 7) is 4.69. The molecule has 0 saturated heterocycles. The number of thioether (sulfide) groups is 1. The molecule has 0 aromatic heterocycles. The summed E-state index contributed by atoms with van der Waals surface area (Å²) >= 11 is 0.788. The number of rotatable bonds is 1. The van der Waals surface area contributed by atoms with E-state index in [1.165, 1.54) is 7.05 Å². The predicted molar refractivity (Wildman–Crippen MR) is 62.7 cm³/mol. The molecule has 0 aliphatic carbocycles. The zero-order chi connectivity index (χ0) is 13.4. The van der Waals surface area contributed by atoms with Crippen molar-refractivity contribution in [1.29, 1.82) is 0 Å². The first-order valence-electron chi connectivity index (χ1n) is 5.22. The number of nitrogens with zero attached hydrogens (tertiary/aromatic N) is 1. The fourth-order valence-electron chi connectivity index (χ4n) is 1.75. The van der Waals surface area contributed by atoms with Crippen LogP contribution in [-0.4, -0.2) is 34.7 Å². The molecule has 0 N–H and O–H groups in total. The van der Waals surface area contributed by atoms with Crippen molar-refractivity contribution in [2.24, 2.45) is 0 Å². The van der Waals surface area contributed by atoms with E-state index in [9.17, 15) is 18.0 Å². The number of alkyl halides is 3. The first kappa shape index (κ1) is 14.4. The molecule has 1 aliphatic rings. The minimum atomic E-state index is -4.43. The Morgan fingerprint density at radius 1 is 1.35 bits per heavy atom. The minimum absolute atomic E-state index is 0.150. The van der Waals surface area contributed by atoms with Crippen LogP contribution < -0.4 is 0 Å². The highest BCUT2D eigenvalue weighted by atomic mass is 32.2. The molecule has 6 heteroatoms. The lowest BCUT2D eigenvalue weighted by atomic mass is 10.0. The molecule has 0 spiro atoms. The lowest BCUT2D eigenvalue weighted by Crippen LogP contribution is -2.57. The van der Waals surface area contributed by atoms with E-state index in [0.29, 0.717) is 11.3 Å². The minimum Gasteiger partial charge on any atom is -0.323 e. The van der Waals surface area contributed by atoms with Gasteiger partial charge in [-0.3, -0.25) is 4.79 Å². The molecule has 0 bridgehead atoms. The number of hydrogen-bond donors (Lipinski definition) is 0. The van der Waals surface area contributed by atoms with Gasteiger partial charge in [0.2, 0.25) is 5.91 Å². The Kier molecular flexibility index (Phi) is 3.86. The molecule has 1 heterocycles. The molecular weight excluding hydrogens is 251 g/mol. The summed E-state index contributed by atoms with van der Waals surface area (Å²) in [6, 6.07) is 0. The third kappa shape index (κ3) is 2.46. The van der Waals surface area contributed by atoms with E-state index >= 15 is 0 Å². The highest BCUT2D eigenvalue weighted by Crippen LogP contribution is 2.51. The molecule has 1 aliphatic heterocycles. The van der Waals surface area contributed by atoms with Gasteiger partial charge in [-0.15, -0.1) is 11.8 Å². The van der Waals surface area contributed by atoms with Gasteiger partial charge in [0, 0.05) is 26.1 Å². The van der Waals surface area contributed by atoms with Crippen LogP contribution in [0.15, 0.2) is 11.1 Å². The number of halogens is 3. The Labute approximate surface area is 103 Å². The van der Waals surface area contributed by atoms with Crippen molar-refractivity contribution >= 4 is 17.7 Å². The van der Waals surface area contributed by atoms with Crippen molar-refractivity contribution < 1.29 is 18.0 Å². The maximum Gasteiger partial charge on any atom is 0.421 e. The fourth-order valence-corrected chi connectivity index (χ4v) is 3.26. The van der Waals surface area contributed by atoms with E-state index in [4.69, 9.17) is 0 Å². The van der Waals surface area contributed by atoms with Gasteiger partial charge in [-0.05, 0) is 13.8 Å². The van der Waals surface area contributed by atoms with Crippen LogP contribution in [0.3, 0.4) is 0 Å². The molecule has 0 aromatic rings. The van der Waals surface area contributed by atoms with Crippen molar-refractivity contribution in [1.82, 2.24) is 4.90 Å². The van der Waals surface area contributed by atoms with Crippen LogP contribution in [0, 0.1) is 0 Å². The molecule has 0 radical (unpaired) electrons. The van der Waals surface area contributed by atoms with Crippen LogP contribution >= 0.6 is 11.8 Å². The van der Waals surface area contributed by atoms with Crippen LogP contribution in [0.5, 0.6) is 0 Å². The second kappa shape index (κ2) is 4.55. The Morgan fingerprint density at radius 2 is 1.88 bits per heavy atom. The zero-order valence-corrected chi connectivity index (χ0v) is 11.1. The summed E-state index contributed by atoms with van der Waals surface area (Å²) in [5.41, 5.74) is 1.68. The summed E-state index contributed by atoms with van der Waals surface area (Å²) in [4.78, 5) is 9.98. The van der Waals surface area contributed by atoms with Crippen molar-refractivity contribution in [3.05, 3.63) is 11.1 Å². The van der Waals surface area contributed by atoms with Crippen molar-refractivity contribution in [3.63, 3.8) is 0 Å². The summed E-state index contributed by atoms with van der Waals surface area (Å²) in [7, 11) is 1.22. The van der Waals surface area contributed by atoms with E-state index in [0.717, 1.165) is 29.2 Å². The van der Waals surface area contributed by atoms with Crippen LogP contribution in [-0.2, 0) is 4.79 Å². The highest BCUT2D eigenvalue weighted by Gasteiger charge is 2.59. The van der Waals surface area contributed by atoms with Gasteiger partial charge >= 0.3 is 6.18 Å². The first-order chi connectivity index (χ1) is 7.62. The molecule has 1 atom stereocenters. The van der Waals surface area contributed by atoms with Crippen LogP contribution in [0.4, 0.5) is 13.2 Å². The topological polar surface area (TPSA) is 20.3 Å². The summed E-state index contributed by atoms with van der Waals surface area (Å²) in [5.74, 6) is -0.259. The number of carbonyl (C=O) groups excluding carboxylic acids is 1. The quantitative estimate of drug-likeness (QED) is 0.680.